The number of nitrogens with one attached hydrogen (secondary N) is 2. The summed E-state index contributed by atoms with van der Waals surface area (Å²) < 4.78 is 0. The highest BCUT2D eigenvalue weighted by atomic mass is 16.1. The van der Waals surface area contributed by atoms with E-state index in [4.69, 9.17) is 0 Å². The van der Waals surface area contributed by atoms with Crippen molar-refractivity contribution < 1.29 is 4.79 Å². The summed E-state index contributed by atoms with van der Waals surface area (Å²) in [5.41, 5.74) is 4.58. The topological polar surface area (TPSA) is 41.1 Å². The lowest BCUT2D eigenvalue weighted by molar-refractivity contribution is -0.116. The van der Waals surface area contributed by atoms with Crippen molar-refractivity contribution in [2.24, 2.45) is 5.92 Å². The third-order valence-corrected chi connectivity index (χ3v) is 3.75. The molecule has 18 heavy (non-hydrogen) atoms. The van der Waals surface area contributed by atoms with Crippen LogP contribution in [0.4, 0.5) is 5.69 Å². The molecule has 1 aliphatic heterocycles. The van der Waals surface area contributed by atoms with Gasteiger partial charge in [0.25, 0.3) is 0 Å². The molecule has 0 spiro atoms. The fourth-order valence-corrected chi connectivity index (χ4v) is 2.45. The van der Waals surface area contributed by atoms with Crippen molar-refractivity contribution in [2.45, 2.75) is 33.6 Å². The van der Waals surface area contributed by atoms with Gasteiger partial charge in [-0.15, -0.1) is 0 Å². The van der Waals surface area contributed by atoms with Gasteiger partial charge in [0.1, 0.15) is 0 Å². The highest BCUT2D eigenvalue weighted by molar-refractivity contribution is 5.91. The minimum absolute atomic E-state index is 0.134. The van der Waals surface area contributed by atoms with Crippen LogP contribution in [0.1, 0.15) is 29.5 Å². The van der Waals surface area contributed by atoms with Gasteiger partial charge in [-0.2, -0.15) is 0 Å². The van der Waals surface area contributed by atoms with E-state index in [-0.39, 0.29) is 5.91 Å². The fraction of sp³-hybridized carbons (Fsp3) is 0.533. The summed E-state index contributed by atoms with van der Waals surface area (Å²) in [6.07, 6.45) is 1.73. The Hall–Kier alpha value is -1.35. The molecule has 98 valence electrons. The third kappa shape index (κ3) is 3.10. The zero-order valence-electron chi connectivity index (χ0n) is 11.5. The molecule has 2 N–H and O–H groups in total. The normalized spacial score (nSPS) is 18.9. The van der Waals surface area contributed by atoms with E-state index in [2.05, 4.69) is 36.6 Å². The highest BCUT2D eigenvalue weighted by Crippen LogP contribution is 2.21. The maximum atomic E-state index is 12.0. The monoisotopic (exact) mass is 246 g/mol. The second-order valence-corrected chi connectivity index (χ2v) is 5.36. The van der Waals surface area contributed by atoms with Crippen molar-refractivity contribution >= 4 is 11.6 Å². The molecule has 3 nitrogen and oxygen atoms in total. The number of carbonyl (C=O) groups is 1. The Morgan fingerprint density at radius 3 is 2.67 bits per heavy atom. The summed E-state index contributed by atoms with van der Waals surface area (Å²) in [5, 5.41) is 6.33. The van der Waals surface area contributed by atoms with E-state index in [1.807, 2.05) is 6.92 Å². The first-order valence-corrected chi connectivity index (χ1v) is 6.64. The molecule has 1 atom stereocenters. The number of amides is 1. The molecule has 0 bridgehead atoms. The molecule has 0 aliphatic carbocycles. The van der Waals surface area contributed by atoms with Gasteiger partial charge in [0.2, 0.25) is 5.91 Å². The van der Waals surface area contributed by atoms with E-state index < -0.39 is 0 Å². The van der Waals surface area contributed by atoms with E-state index in [1.165, 1.54) is 11.1 Å². The second-order valence-electron chi connectivity index (χ2n) is 5.36. The minimum Gasteiger partial charge on any atom is -0.326 e. The molecule has 0 radical (unpaired) electrons. The Labute approximate surface area is 109 Å². The SMILES string of the molecule is Cc1cc(C)c(NC(=O)CC2CCNC2)cc1C. The van der Waals surface area contributed by atoms with Crippen molar-refractivity contribution in [3.05, 3.63) is 28.8 Å². The molecule has 1 unspecified atom stereocenters. The van der Waals surface area contributed by atoms with Gasteiger partial charge in [-0.05, 0) is 69.0 Å². The standard InChI is InChI=1S/C15H22N2O/c1-10-6-12(3)14(7-11(10)2)17-15(18)8-13-4-5-16-9-13/h6-7,13,16H,4-5,8-9H2,1-3H3,(H,17,18). The highest BCUT2D eigenvalue weighted by Gasteiger charge is 2.18. The summed E-state index contributed by atoms with van der Waals surface area (Å²) in [6, 6.07) is 4.19. The zero-order valence-corrected chi connectivity index (χ0v) is 11.5. The van der Waals surface area contributed by atoms with Gasteiger partial charge in [-0.1, -0.05) is 6.07 Å². The summed E-state index contributed by atoms with van der Waals surface area (Å²) >= 11 is 0. The molecule has 3 heteroatoms. The van der Waals surface area contributed by atoms with Gasteiger partial charge in [-0.3, -0.25) is 4.79 Å². The lowest BCUT2D eigenvalue weighted by Gasteiger charge is -2.13. The molecule has 1 saturated heterocycles. The Morgan fingerprint density at radius 2 is 2.00 bits per heavy atom. The number of rotatable bonds is 3. The first kappa shape index (κ1) is 13.1. The van der Waals surface area contributed by atoms with Crippen LogP contribution in [-0.4, -0.2) is 19.0 Å². The molecular formula is C15H22N2O. The van der Waals surface area contributed by atoms with Crippen molar-refractivity contribution in [3.8, 4) is 0 Å². The van der Waals surface area contributed by atoms with E-state index >= 15 is 0 Å². The predicted octanol–water partition coefficient (Wildman–Crippen LogP) is 2.55. The molecule has 1 aromatic carbocycles. The first-order chi connectivity index (χ1) is 8.56. The van der Waals surface area contributed by atoms with Crippen molar-refractivity contribution in [1.82, 2.24) is 5.32 Å². The van der Waals surface area contributed by atoms with E-state index in [0.717, 1.165) is 30.8 Å². The predicted molar refractivity (Wildman–Crippen MR) is 74.9 cm³/mol. The van der Waals surface area contributed by atoms with Crippen LogP contribution in [0, 0.1) is 26.7 Å². The Kier molecular flexibility index (Phi) is 4.02. The van der Waals surface area contributed by atoms with E-state index in [0.29, 0.717) is 12.3 Å². The van der Waals surface area contributed by atoms with Crippen LogP contribution in [-0.2, 0) is 4.79 Å². The number of aryl methyl sites for hydroxylation is 3. The van der Waals surface area contributed by atoms with Crippen molar-refractivity contribution in [1.29, 1.82) is 0 Å². The van der Waals surface area contributed by atoms with Crippen LogP contribution in [0.3, 0.4) is 0 Å². The van der Waals surface area contributed by atoms with Crippen LogP contribution in [0.15, 0.2) is 12.1 Å². The Balaban J connectivity index is 2.00. The van der Waals surface area contributed by atoms with Gasteiger partial charge in [-0.25, -0.2) is 0 Å². The number of carbonyl (C=O) groups excluding carboxylic acids is 1. The van der Waals surface area contributed by atoms with E-state index in [1.54, 1.807) is 0 Å². The van der Waals surface area contributed by atoms with Crippen LogP contribution < -0.4 is 10.6 Å². The molecule has 1 aromatic rings. The van der Waals surface area contributed by atoms with Gasteiger partial charge >= 0.3 is 0 Å². The molecule has 1 heterocycles. The molecule has 1 aliphatic rings. The minimum atomic E-state index is 0.134. The molecule has 0 aromatic heterocycles. The van der Waals surface area contributed by atoms with Crippen LogP contribution in [0.5, 0.6) is 0 Å². The molecule has 0 saturated carbocycles. The smallest absolute Gasteiger partial charge is 0.224 e. The molecule has 1 fully saturated rings. The van der Waals surface area contributed by atoms with Crippen LogP contribution in [0.25, 0.3) is 0 Å². The van der Waals surface area contributed by atoms with Gasteiger partial charge < -0.3 is 10.6 Å². The maximum Gasteiger partial charge on any atom is 0.224 e. The Morgan fingerprint density at radius 1 is 1.28 bits per heavy atom. The van der Waals surface area contributed by atoms with Crippen molar-refractivity contribution in [3.63, 3.8) is 0 Å². The molecule has 1 amide bonds. The van der Waals surface area contributed by atoms with Gasteiger partial charge in [0, 0.05) is 12.1 Å². The average Bonchev–Trinajstić information content (AvgIpc) is 2.78. The number of benzene rings is 1. The van der Waals surface area contributed by atoms with Gasteiger partial charge in [0.15, 0.2) is 0 Å². The number of hydrogen-bond donors (Lipinski definition) is 2. The Bertz CT molecular complexity index is 448. The summed E-state index contributed by atoms with van der Waals surface area (Å²) in [4.78, 5) is 12.0. The van der Waals surface area contributed by atoms with Crippen LogP contribution >= 0.6 is 0 Å². The summed E-state index contributed by atoms with van der Waals surface area (Å²) in [5.74, 6) is 0.631. The lowest BCUT2D eigenvalue weighted by atomic mass is 10.0. The van der Waals surface area contributed by atoms with Crippen molar-refractivity contribution in [2.75, 3.05) is 18.4 Å². The largest absolute Gasteiger partial charge is 0.326 e. The first-order valence-electron chi connectivity index (χ1n) is 6.64. The van der Waals surface area contributed by atoms with Crippen LogP contribution in [0.2, 0.25) is 0 Å². The summed E-state index contributed by atoms with van der Waals surface area (Å²) in [6.45, 7) is 8.22. The molecule has 2 rings (SSSR count). The number of hydrogen-bond acceptors (Lipinski definition) is 2. The fourth-order valence-electron chi connectivity index (χ4n) is 2.45. The number of anilines is 1. The van der Waals surface area contributed by atoms with E-state index in [9.17, 15) is 4.79 Å². The summed E-state index contributed by atoms with van der Waals surface area (Å²) in [7, 11) is 0. The van der Waals surface area contributed by atoms with Gasteiger partial charge in [0.05, 0.1) is 0 Å². The third-order valence-electron chi connectivity index (χ3n) is 3.75. The zero-order chi connectivity index (χ0) is 13.1. The second kappa shape index (κ2) is 5.53. The maximum absolute atomic E-state index is 12.0. The quantitative estimate of drug-likeness (QED) is 0.860. The molecular weight excluding hydrogens is 224 g/mol. The lowest BCUT2D eigenvalue weighted by Crippen LogP contribution is -2.18. The average molecular weight is 246 g/mol.